The Labute approximate surface area is 348 Å². The van der Waals surface area contributed by atoms with Gasteiger partial charge in [0.25, 0.3) is 11.8 Å². The Hall–Kier alpha value is -5.21. The number of hydrogen-bond acceptors (Lipinski definition) is 12. The van der Waals surface area contributed by atoms with E-state index in [4.69, 9.17) is 16.3 Å². The number of carbonyl (C=O) groups is 4. The minimum atomic E-state index is -1.14. The molecule has 4 aliphatic heterocycles. The number of anilines is 5. The van der Waals surface area contributed by atoms with Crippen LogP contribution in [0.4, 0.5) is 33.2 Å². The molecule has 8 rings (SSSR count). The van der Waals surface area contributed by atoms with Gasteiger partial charge in [0, 0.05) is 75.7 Å². The Morgan fingerprint density at radius 1 is 0.915 bits per heavy atom. The van der Waals surface area contributed by atoms with Gasteiger partial charge in [0.2, 0.25) is 17.8 Å². The van der Waals surface area contributed by atoms with Gasteiger partial charge in [0.15, 0.2) is 5.82 Å². The van der Waals surface area contributed by atoms with Crippen LogP contribution in [0.3, 0.4) is 0 Å². The van der Waals surface area contributed by atoms with E-state index in [9.17, 15) is 19.2 Å². The minimum absolute atomic E-state index is 0.00210. The number of para-hydroxylation sites is 1. The first-order chi connectivity index (χ1) is 28.5. The van der Waals surface area contributed by atoms with Crippen LogP contribution in [0.1, 0.15) is 52.0 Å². The van der Waals surface area contributed by atoms with Crippen molar-refractivity contribution in [2.24, 2.45) is 0 Å². The number of halogens is 2. The molecule has 0 aliphatic carbocycles. The van der Waals surface area contributed by atoms with Crippen molar-refractivity contribution in [1.29, 1.82) is 0 Å². The maximum Gasteiger partial charge on any atom is 0.265 e. The molecule has 4 aromatic rings. The first-order valence-electron chi connectivity index (χ1n) is 19.7. The van der Waals surface area contributed by atoms with Crippen molar-refractivity contribution in [3.63, 3.8) is 0 Å². The third-order valence-electron chi connectivity index (χ3n) is 11.5. The molecule has 0 bridgehead atoms. The number of hydrogen-bond donors (Lipinski definition) is 3. The number of fused-ring (bicyclic) bond motifs is 1. The van der Waals surface area contributed by atoms with Crippen molar-refractivity contribution in [2.75, 3.05) is 75.2 Å². The van der Waals surface area contributed by atoms with Crippen LogP contribution in [0.15, 0.2) is 60.8 Å². The zero-order valence-corrected chi connectivity index (χ0v) is 34.8. The second-order valence-corrected chi connectivity index (χ2v) is 18.1. The van der Waals surface area contributed by atoms with Crippen molar-refractivity contribution in [2.45, 2.75) is 44.3 Å². The summed E-state index contributed by atoms with van der Waals surface area (Å²) in [5, 5.41) is 10.5. The maximum absolute atomic E-state index is 15.3. The molecule has 1 unspecified atom stereocenters. The van der Waals surface area contributed by atoms with Crippen LogP contribution in [-0.2, 0) is 16.1 Å². The number of aromatic nitrogens is 2. The van der Waals surface area contributed by atoms with Crippen LogP contribution in [0, 0.1) is 5.82 Å². The first kappa shape index (κ1) is 40.6. The lowest BCUT2D eigenvalue weighted by atomic mass is 10.0. The predicted octanol–water partition coefficient (Wildman–Crippen LogP) is 5.32. The quantitative estimate of drug-likeness (QED) is 0.133. The molecule has 59 heavy (non-hydrogen) atoms. The zero-order valence-electron chi connectivity index (χ0n) is 33.1. The van der Waals surface area contributed by atoms with Gasteiger partial charge in [0.05, 0.1) is 30.1 Å². The number of nitrogens with one attached hydrogen (secondary N) is 3. The molecular weight excluding hydrogens is 796 g/mol. The van der Waals surface area contributed by atoms with Crippen LogP contribution in [0.5, 0.6) is 5.75 Å². The summed E-state index contributed by atoms with van der Waals surface area (Å²) in [6, 6.07) is 16.4. The lowest BCUT2D eigenvalue weighted by Crippen LogP contribution is -2.54. The molecule has 14 nitrogen and oxygen atoms in total. The number of methoxy groups -OCH3 is 1. The van der Waals surface area contributed by atoms with E-state index in [0.717, 1.165) is 74.1 Å². The van der Waals surface area contributed by atoms with Crippen LogP contribution in [0.2, 0.25) is 5.02 Å². The molecule has 0 spiro atoms. The molecule has 1 aromatic heterocycles. The van der Waals surface area contributed by atoms with E-state index in [1.54, 1.807) is 19.4 Å². The summed E-state index contributed by atoms with van der Waals surface area (Å²) in [4.78, 5) is 67.5. The van der Waals surface area contributed by atoms with Crippen LogP contribution in [-0.4, -0.2) is 120 Å². The summed E-state index contributed by atoms with van der Waals surface area (Å²) in [6.45, 7) is 9.91. The van der Waals surface area contributed by atoms with E-state index < -0.39 is 35.5 Å². The van der Waals surface area contributed by atoms with Gasteiger partial charge < -0.3 is 20.3 Å². The lowest BCUT2D eigenvalue weighted by Gasteiger charge is -2.43. The highest BCUT2D eigenvalue weighted by Crippen LogP contribution is 2.36. The molecule has 3 saturated heterocycles. The summed E-state index contributed by atoms with van der Waals surface area (Å²) < 4.78 is 21.2. The fraction of sp³-hybridized carbons (Fsp3) is 0.381. The Morgan fingerprint density at radius 3 is 2.41 bits per heavy atom. The highest BCUT2D eigenvalue weighted by atomic mass is 35.5. The smallest absolute Gasteiger partial charge is 0.265 e. The van der Waals surface area contributed by atoms with Gasteiger partial charge in [0.1, 0.15) is 22.6 Å². The molecule has 5 heterocycles. The number of carbonyl (C=O) groups excluding carboxylic acids is 4. The van der Waals surface area contributed by atoms with Crippen molar-refractivity contribution in [3.8, 4) is 5.75 Å². The van der Waals surface area contributed by atoms with E-state index in [1.807, 2.05) is 30.3 Å². The Balaban J connectivity index is 0.840. The van der Waals surface area contributed by atoms with Crippen molar-refractivity contribution < 1.29 is 28.3 Å². The Kier molecular flexibility index (Phi) is 11.8. The summed E-state index contributed by atoms with van der Waals surface area (Å²) in [5.74, 6) is -1.93. The van der Waals surface area contributed by atoms with E-state index >= 15 is 4.39 Å². The van der Waals surface area contributed by atoms with Crippen LogP contribution in [0.25, 0.3) is 0 Å². The van der Waals surface area contributed by atoms with Gasteiger partial charge in [-0.15, -0.1) is 0 Å². The number of piperazine rings is 1. The normalized spacial score (nSPS) is 19.3. The second-order valence-electron chi connectivity index (χ2n) is 15.4. The largest absolute Gasteiger partial charge is 0.494 e. The summed E-state index contributed by atoms with van der Waals surface area (Å²) >= 11 is 6.51. The van der Waals surface area contributed by atoms with Gasteiger partial charge in [-0.1, -0.05) is 37.7 Å². The molecular formula is C42H46ClFN9O5P. The van der Waals surface area contributed by atoms with Crippen molar-refractivity contribution >= 4 is 77.3 Å². The fourth-order valence-corrected chi connectivity index (χ4v) is 9.58. The van der Waals surface area contributed by atoms with Gasteiger partial charge >= 0.3 is 0 Å². The molecule has 308 valence electrons. The first-order valence-corrected chi connectivity index (χ1v) is 22.3. The standard InChI is InChI=1S/C42H46ClFN9O5P/c1-58-34-22-27(8-9-31(34)47-42-45-23-29(43)38(49-42)46-32-6-4-5-7-35(32)59(2)3)51-14-12-26(13-15-51)52-18-16-50(17-19-52)24-25-20-28-37(30(44)21-25)41(57)53(40(28)56)33-10-11-36(54)48-39(33)55/h4-9,20-23,26,33H,10-19,24H2,1-3H3,(H,48,54,55)(H2,45,46,47,49). The average Bonchev–Trinajstić information content (AvgIpc) is 3.48. The van der Waals surface area contributed by atoms with Gasteiger partial charge in [-0.3, -0.25) is 39.2 Å². The van der Waals surface area contributed by atoms with Crippen molar-refractivity contribution in [3.05, 3.63) is 88.3 Å². The lowest BCUT2D eigenvalue weighted by molar-refractivity contribution is -0.136. The van der Waals surface area contributed by atoms with E-state index in [-0.39, 0.29) is 31.9 Å². The van der Waals surface area contributed by atoms with Gasteiger partial charge in [-0.25, -0.2) is 9.37 Å². The number of rotatable bonds is 11. The van der Waals surface area contributed by atoms with E-state index in [0.29, 0.717) is 40.7 Å². The summed E-state index contributed by atoms with van der Waals surface area (Å²) in [7, 11) is 1.31. The molecule has 3 fully saturated rings. The van der Waals surface area contributed by atoms with E-state index in [1.165, 1.54) is 11.4 Å². The number of benzene rings is 3. The third kappa shape index (κ3) is 8.47. The van der Waals surface area contributed by atoms with Crippen LogP contribution < -0.4 is 30.9 Å². The van der Waals surface area contributed by atoms with Gasteiger partial charge in [-0.2, -0.15) is 4.98 Å². The number of imide groups is 2. The molecule has 17 heteroatoms. The topological polar surface area (TPSA) is 152 Å². The summed E-state index contributed by atoms with van der Waals surface area (Å²) in [6.07, 6.45) is 3.62. The highest BCUT2D eigenvalue weighted by Gasteiger charge is 2.46. The molecule has 4 amide bonds. The van der Waals surface area contributed by atoms with E-state index in [2.05, 4.69) is 66.1 Å². The Bertz CT molecular complexity index is 2300. The molecule has 3 aromatic carbocycles. The van der Waals surface area contributed by atoms with Gasteiger partial charge in [-0.05, 0) is 73.8 Å². The predicted molar refractivity (Wildman–Crippen MR) is 227 cm³/mol. The minimum Gasteiger partial charge on any atom is -0.494 e. The molecule has 0 radical (unpaired) electrons. The summed E-state index contributed by atoms with van der Waals surface area (Å²) in [5.41, 5.74) is 3.02. The molecule has 3 N–H and O–H groups in total. The SMILES string of the molecule is COc1cc(N2CCC(N3CCN(Cc4cc(F)c5c(c4)C(=O)N(C4CCC(=O)NC4=O)C5=O)CC3)CC2)ccc1Nc1ncc(Cl)c(Nc2ccccc2P(C)C)n1. The Morgan fingerprint density at radius 2 is 1.68 bits per heavy atom. The van der Waals surface area contributed by atoms with Crippen molar-refractivity contribution in [1.82, 2.24) is 30.0 Å². The molecule has 4 aliphatic rings. The maximum atomic E-state index is 15.3. The molecule has 0 saturated carbocycles. The fourth-order valence-electron chi connectivity index (χ4n) is 8.44. The number of piperidine rings is 2. The highest BCUT2D eigenvalue weighted by molar-refractivity contribution is 7.64. The molecule has 1 atom stereocenters. The average molecular weight is 842 g/mol. The number of ether oxygens (including phenoxy) is 1. The number of nitrogens with zero attached hydrogens (tertiary/aromatic N) is 6. The third-order valence-corrected chi connectivity index (χ3v) is 13.2. The monoisotopic (exact) mass is 841 g/mol. The van der Waals surface area contributed by atoms with Crippen LogP contribution >= 0.6 is 19.5 Å². The zero-order chi connectivity index (χ0) is 41.4. The number of amides is 4. The second kappa shape index (κ2) is 17.2.